The summed E-state index contributed by atoms with van der Waals surface area (Å²) in [6.07, 6.45) is 2.42. The summed E-state index contributed by atoms with van der Waals surface area (Å²) >= 11 is 0. The number of nitrogens with zero attached hydrogens (tertiary/aromatic N) is 4. The summed E-state index contributed by atoms with van der Waals surface area (Å²) < 4.78 is 45.0. The Morgan fingerprint density at radius 2 is 1.53 bits per heavy atom. The van der Waals surface area contributed by atoms with Crippen LogP contribution in [0.25, 0.3) is 10.9 Å². The maximum atomic E-state index is 13.0. The molecule has 180 valence electrons. The van der Waals surface area contributed by atoms with Crippen molar-refractivity contribution in [3.63, 3.8) is 0 Å². The summed E-state index contributed by atoms with van der Waals surface area (Å²) in [4.78, 5) is 13.6. The zero-order valence-electron chi connectivity index (χ0n) is 19.3. The van der Waals surface area contributed by atoms with Crippen LogP contribution in [0, 0.1) is 5.92 Å². The van der Waals surface area contributed by atoms with E-state index in [9.17, 15) is 13.2 Å². The maximum absolute atomic E-state index is 13.0. The van der Waals surface area contributed by atoms with Crippen LogP contribution in [0.15, 0.2) is 48.7 Å². The number of fused-ring (bicyclic) bond motifs is 1. The van der Waals surface area contributed by atoms with Crippen LogP contribution in [-0.4, -0.2) is 42.3 Å². The molecule has 34 heavy (non-hydrogen) atoms. The lowest BCUT2D eigenvalue weighted by Gasteiger charge is -2.36. The van der Waals surface area contributed by atoms with Gasteiger partial charge in [0, 0.05) is 31.6 Å². The van der Waals surface area contributed by atoms with Gasteiger partial charge in [0.25, 0.3) is 0 Å². The number of anilines is 2. The highest BCUT2D eigenvalue weighted by molar-refractivity contribution is 5.81. The van der Waals surface area contributed by atoms with E-state index in [-0.39, 0.29) is 0 Å². The molecule has 1 aliphatic heterocycles. The van der Waals surface area contributed by atoms with Crippen molar-refractivity contribution in [1.82, 2.24) is 9.97 Å². The van der Waals surface area contributed by atoms with Gasteiger partial charge in [0.2, 0.25) is 0 Å². The van der Waals surface area contributed by atoms with Crippen molar-refractivity contribution in [1.29, 1.82) is 0 Å². The van der Waals surface area contributed by atoms with E-state index in [2.05, 4.69) is 26.7 Å². The van der Waals surface area contributed by atoms with Crippen molar-refractivity contribution in [3.8, 4) is 5.75 Å². The third-order valence-electron chi connectivity index (χ3n) is 6.92. The second-order valence-corrected chi connectivity index (χ2v) is 9.40. The summed E-state index contributed by atoms with van der Waals surface area (Å²) in [5.74, 6) is 3.34. The van der Waals surface area contributed by atoms with Crippen molar-refractivity contribution >= 4 is 22.5 Å². The van der Waals surface area contributed by atoms with E-state index in [1.54, 1.807) is 12.1 Å². The summed E-state index contributed by atoms with van der Waals surface area (Å²) in [5.41, 5.74) is -0.0852. The van der Waals surface area contributed by atoms with Crippen LogP contribution in [0.5, 0.6) is 5.75 Å². The monoisotopic (exact) mass is 470 g/mol. The Balaban J connectivity index is 1.18. The molecule has 1 saturated carbocycles. The molecule has 0 bridgehead atoms. The summed E-state index contributed by atoms with van der Waals surface area (Å²) in [7, 11) is 0. The zero-order chi connectivity index (χ0) is 23.7. The van der Waals surface area contributed by atoms with Gasteiger partial charge in [0.15, 0.2) is 0 Å². The fourth-order valence-electron chi connectivity index (χ4n) is 4.80. The van der Waals surface area contributed by atoms with E-state index in [0.29, 0.717) is 17.0 Å². The SMILES string of the molecule is CC1CCC(Oc2ccc(N3CCN(c4ccc5cc(C(F)(F)F)ccc5n4)CC3)nc2)CC1. The van der Waals surface area contributed by atoms with Crippen LogP contribution in [-0.2, 0) is 6.18 Å². The number of pyridine rings is 2. The van der Waals surface area contributed by atoms with Gasteiger partial charge in [0.05, 0.1) is 23.4 Å². The number of benzene rings is 1. The first-order valence-electron chi connectivity index (χ1n) is 12.0. The molecule has 2 fully saturated rings. The first-order valence-corrected chi connectivity index (χ1v) is 12.0. The second kappa shape index (κ2) is 9.31. The number of rotatable bonds is 4. The predicted molar refractivity (Wildman–Crippen MR) is 127 cm³/mol. The van der Waals surface area contributed by atoms with Crippen molar-refractivity contribution in [2.45, 2.75) is 44.9 Å². The van der Waals surface area contributed by atoms with E-state index in [1.165, 1.54) is 18.9 Å². The lowest BCUT2D eigenvalue weighted by Crippen LogP contribution is -2.47. The lowest BCUT2D eigenvalue weighted by atomic mass is 9.89. The Labute approximate surface area is 197 Å². The molecule has 0 amide bonds. The standard InChI is InChI=1S/C26H29F3N4O/c1-18-2-6-21(7-3-18)34-22-8-11-24(30-17-22)32-12-14-33(15-13-32)25-10-4-19-16-20(26(27,28)29)5-9-23(19)31-25/h4-5,8-11,16-18,21H,2-3,6-7,12-15H2,1H3. The van der Waals surface area contributed by atoms with E-state index >= 15 is 0 Å². The average molecular weight is 471 g/mol. The van der Waals surface area contributed by atoms with Crippen LogP contribution < -0.4 is 14.5 Å². The molecular weight excluding hydrogens is 441 g/mol. The average Bonchev–Trinajstić information content (AvgIpc) is 2.85. The Hall–Kier alpha value is -3.03. The minimum atomic E-state index is -4.35. The maximum Gasteiger partial charge on any atom is 0.416 e. The third kappa shape index (κ3) is 5.05. The predicted octanol–water partition coefficient (Wildman–Crippen LogP) is 5.93. The van der Waals surface area contributed by atoms with Gasteiger partial charge in [-0.15, -0.1) is 0 Å². The van der Waals surface area contributed by atoms with E-state index in [4.69, 9.17) is 4.74 Å². The van der Waals surface area contributed by atoms with Crippen LogP contribution in [0.4, 0.5) is 24.8 Å². The zero-order valence-corrected chi connectivity index (χ0v) is 19.3. The van der Waals surface area contributed by atoms with Crippen molar-refractivity contribution in [2.24, 2.45) is 5.92 Å². The highest BCUT2D eigenvalue weighted by atomic mass is 19.4. The Morgan fingerprint density at radius 3 is 2.18 bits per heavy atom. The summed E-state index contributed by atoms with van der Waals surface area (Å²) in [6, 6.07) is 11.2. The van der Waals surface area contributed by atoms with E-state index in [0.717, 1.165) is 74.5 Å². The minimum Gasteiger partial charge on any atom is -0.489 e. The number of alkyl halides is 3. The minimum absolute atomic E-state index is 0.293. The molecule has 1 saturated heterocycles. The smallest absolute Gasteiger partial charge is 0.416 e. The van der Waals surface area contributed by atoms with Crippen LogP contribution >= 0.6 is 0 Å². The number of ether oxygens (including phenoxy) is 1. The number of halogens is 3. The van der Waals surface area contributed by atoms with Gasteiger partial charge in [-0.1, -0.05) is 6.92 Å². The van der Waals surface area contributed by atoms with Gasteiger partial charge >= 0.3 is 6.18 Å². The molecule has 0 radical (unpaired) electrons. The molecule has 8 heteroatoms. The van der Waals surface area contributed by atoms with Gasteiger partial charge in [-0.2, -0.15) is 13.2 Å². The molecule has 3 aromatic rings. The molecule has 3 heterocycles. The highest BCUT2D eigenvalue weighted by Crippen LogP contribution is 2.32. The van der Waals surface area contributed by atoms with Crippen LogP contribution in [0.1, 0.15) is 38.2 Å². The quantitative estimate of drug-likeness (QED) is 0.473. The molecular formula is C26H29F3N4O. The molecule has 0 atom stereocenters. The largest absolute Gasteiger partial charge is 0.489 e. The molecule has 5 rings (SSSR count). The molecule has 0 spiro atoms. The highest BCUT2D eigenvalue weighted by Gasteiger charge is 2.30. The number of aromatic nitrogens is 2. The van der Waals surface area contributed by atoms with Gasteiger partial charge in [-0.3, -0.25) is 0 Å². The molecule has 2 aliphatic rings. The Bertz CT molecular complexity index is 1120. The van der Waals surface area contributed by atoms with Gasteiger partial charge < -0.3 is 14.5 Å². The number of hydrogen-bond acceptors (Lipinski definition) is 5. The molecule has 1 aromatic carbocycles. The van der Waals surface area contributed by atoms with Crippen LogP contribution in [0.3, 0.4) is 0 Å². The van der Waals surface area contributed by atoms with Gasteiger partial charge in [-0.05, 0) is 74.1 Å². The Morgan fingerprint density at radius 1 is 0.853 bits per heavy atom. The van der Waals surface area contributed by atoms with Crippen LogP contribution in [0.2, 0.25) is 0 Å². The van der Waals surface area contributed by atoms with Crippen molar-refractivity contribution < 1.29 is 17.9 Å². The van der Waals surface area contributed by atoms with Crippen molar-refractivity contribution in [3.05, 3.63) is 54.2 Å². The topological polar surface area (TPSA) is 41.5 Å². The van der Waals surface area contributed by atoms with Crippen molar-refractivity contribution in [2.75, 3.05) is 36.0 Å². The number of hydrogen-bond donors (Lipinski definition) is 0. The lowest BCUT2D eigenvalue weighted by molar-refractivity contribution is -0.137. The first kappa shape index (κ1) is 22.7. The summed E-state index contributed by atoms with van der Waals surface area (Å²) in [6.45, 7) is 5.41. The first-order chi connectivity index (χ1) is 16.3. The fraction of sp³-hybridized carbons (Fsp3) is 0.462. The summed E-state index contributed by atoms with van der Waals surface area (Å²) in [5, 5.41) is 0.492. The molecule has 5 nitrogen and oxygen atoms in total. The third-order valence-corrected chi connectivity index (χ3v) is 6.92. The number of piperazine rings is 1. The fourth-order valence-corrected chi connectivity index (χ4v) is 4.80. The molecule has 1 aliphatic carbocycles. The Kier molecular flexibility index (Phi) is 6.23. The normalized spacial score (nSPS) is 21.6. The van der Waals surface area contributed by atoms with E-state index in [1.807, 2.05) is 18.3 Å². The molecule has 0 unspecified atom stereocenters. The molecule has 0 N–H and O–H groups in total. The van der Waals surface area contributed by atoms with E-state index < -0.39 is 11.7 Å². The second-order valence-electron chi connectivity index (χ2n) is 9.40. The van der Waals surface area contributed by atoms with Gasteiger partial charge in [0.1, 0.15) is 17.4 Å². The molecule has 2 aromatic heterocycles. The van der Waals surface area contributed by atoms with Gasteiger partial charge in [-0.25, -0.2) is 9.97 Å².